The zero-order valence-corrected chi connectivity index (χ0v) is 12.0. The third-order valence-corrected chi connectivity index (χ3v) is 3.42. The van der Waals surface area contributed by atoms with Crippen LogP contribution in [0.4, 0.5) is 5.82 Å². The van der Waals surface area contributed by atoms with Gasteiger partial charge in [0.25, 0.3) is 5.91 Å². The molecule has 2 aromatic rings. The second kappa shape index (κ2) is 7.40. The van der Waals surface area contributed by atoms with E-state index in [2.05, 4.69) is 34.8 Å². The van der Waals surface area contributed by atoms with E-state index in [1.807, 2.05) is 18.2 Å². The van der Waals surface area contributed by atoms with Crippen molar-refractivity contribution in [2.45, 2.75) is 19.3 Å². The Morgan fingerprint density at radius 3 is 2.71 bits per heavy atom. The van der Waals surface area contributed by atoms with Crippen molar-refractivity contribution in [3.8, 4) is 0 Å². The first-order valence-corrected chi connectivity index (χ1v) is 6.97. The highest BCUT2D eigenvalue weighted by molar-refractivity contribution is 5.98. The summed E-state index contributed by atoms with van der Waals surface area (Å²) in [5.41, 5.74) is 4.16. The summed E-state index contributed by atoms with van der Waals surface area (Å²) in [4.78, 5) is 16.1. The molecule has 5 nitrogen and oxygen atoms in total. The van der Waals surface area contributed by atoms with Crippen molar-refractivity contribution in [1.29, 1.82) is 0 Å². The second-order valence-corrected chi connectivity index (χ2v) is 4.90. The van der Waals surface area contributed by atoms with E-state index in [0.29, 0.717) is 23.8 Å². The van der Waals surface area contributed by atoms with Crippen LogP contribution in [0.2, 0.25) is 0 Å². The van der Waals surface area contributed by atoms with Crippen molar-refractivity contribution in [1.82, 2.24) is 10.3 Å². The van der Waals surface area contributed by atoms with Crippen molar-refractivity contribution >= 4 is 11.7 Å². The number of anilines is 1. The molecular weight excluding hydrogens is 264 g/mol. The largest absolute Gasteiger partial charge is 0.352 e. The molecule has 0 fully saturated rings. The molecule has 1 atom stereocenters. The summed E-state index contributed by atoms with van der Waals surface area (Å²) in [5.74, 6) is 5.96. The molecule has 4 N–H and O–H groups in total. The molecule has 1 aromatic heterocycles. The molecule has 1 unspecified atom stereocenters. The number of benzene rings is 1. The van der Waals surface area contributed by atoms with E-state index < -0.39 is 0 Å². The van der Waals surface area contributed by atoms with Gasteiger partial charge in [-0.25, -0.2) is 10.8 Å². The molecule has 0 radical (unpaired) electrons. The van der Waals surface area contributed by atoms with Crippen molar-refractivity contribution < 1.29 is 4.79 Å². The number of nitrogens with one attached hydrogen (secondary N) is 2. The molecule has 0 aliphatic heterocycles. The van der Waals surface area contributed by atoms with Crippen LogP contribution in [0.25, 0.3) is 0 Å². The van der Waals surface area contributed by atoms with Crippen molar-refractivity contribution in [2.75, 3.05) is 12.0 Å². The Bertz CT molecular complexity index is 586. The lowest BCUT2D eigenvalue weighted by molar-refractivity contribution is 0.0953. The zero-order valence-electron chi connectivity index (χ0n) is 12.0. The molecular formula is C16H20N4O. The average Bonchev–Trinajstić information content (AvgIpc) is 2.55. The van der Waals surface area contributed by atoms with E-state index >= 15 is 0 Å². The van der Waals surface area contributed by atoms with Gasteiger partial charge in [0, 0.05) is 12.7 Å². The Balaban J connectivity index is 1.87. The lowest BCUT2D eigenvalue weighted by Crippen LogP contribution is -2.27. The number of nitrogens with two attached hydrogens (primary N) is 1. The van der Waals surface area contributed by atoms with Crippen LogP contribution in [0.3, 0.4) is 0 Å². The fraction of sp³-hybridized carbons (Fsp3) is 0.250. The van der Waals surface area contributed by atoms with Crippen LogP contribution in [0.15, 0.2) is 48.7 Å². The number of hydrogen-bond acceptors (Lipinski definition) is 4. The minimum atomic E-state index is -0.170. The van der Waals surface area contributed by atoms with Crippen LogP contribution in [-0.2, 0) is 0 Å². The van der Waals surface area contributed by atoms with Gasteiger partial charge in [-0.1, -0.05) is 37.3 Å². The molecule has 0 aliphatic rings. The van der Waals surface area contributed by atoms with Gasteiger partial charge in [0.05, 0.1) is 5.56 Å². The summed E-state index contributed by atoms with van der Waals surface area (Å²) in [5, 5.41) is 2.90. The molecule has 1 amide bonds. The Hall–Kier alpha value is -2.40. The molecule has 1 heterocycles. The van der Waals surface area contributed by atoms with E-state index in [-0.39, 0.29) is 5.91 Å². The first-order chi connectivity index (χ1) is 10.2. The molecule has 0 aliphatic carbocycles. The highest BCUT2D eigenvalue weighted by Gasteiger charge is 2.11. The van der Waals surface area contributed by atoms with Gasteiger partial charge < -0.3 is 10.7 Å². The maximum atomic E-state index is 12.1. The van der Waals surface area contributed by atoms with Crippen molar-refractivity contribution in [3.05, 3.63) is 59.8 Å². The van der Waals surface area contributed by atoms with Crippen LogP contribution in [0, 0.1) is 0 Å². The molecule has 2 rings (SSSR count). The summed E-state index contributed by atoms with van der Waals surface area (Å²) < 4.78 is 0. The van der Waals surface area contributed by atoms with E-state index in [4.69, 9.17) is 5.84 Å². The first-order valence-electron chi connectivity index (χ1n) is 6.97. The molecule has 1 aromatic carbocycles. The van der Waals surface area contributed by atoms with Gasteiger partial charge in [0.1, 0.15) is 0 Å². The van der Waals surface area contributed by atoms with E-state index in [1.165, 1.54) is 5.56 Å². The van der Waals surface area contributed by atoms with Crippen molar-refractivity contribution in [2.24, 2.45) is 5.84 Å². The third-order valence-electron chi connectivity index (χ3n) is 3.42. The standard InChI is InChI=1S/C16H20N4O/c1-12(13-6-3-2-4-7-13)9-11-19-16(21)14-8-5-10-18-15(14)20-17/h2-8,10,12H,9,11,17H2,1H3,(H,18,20)(H,19,21). The maximum absolute atomic E-state index is 12.1. The Morgan fingerprint density at radius 2 is 2.00 bits per heavy atom. The van der Waals surface area contributed by atoms with E-state index in [0.717, 1.165) is 6.42 Å². The first kappa shape index (κ1) is 15.0. The predicted molar refractivity (Wildman–Crippen MR) is 83.9 cm³/mol. The number of amides is 1. The number of hydrogen-bond donors (Lipinski definition) is 3. The lowest BCUT2D eigenvalue weighted by Gasteiger charge is -2.13. The highest BCUT2D eigenvalue weighted by Crippen LogP contribution is 2.17. The van der Waals surface area contributed by atoms with Crippen molar-refractivity contribution in [3.63, 3.8) is 0 Å². The fourth-order valence-corrected chi connectivity index (χ4v) is 2.15. The summed E-state index contributed by atoms with van der Waals surface area (Å²) in [6, 6.07) is 13.7. The summed E-state index contributed by atoms with van der Waals surface area (Å²) in [7, 11) is 0. The van der Waals surface area contributed by atoms with Gasteiger partial charge in [-0.15, -0.1) is 0 Å². The quantitative estimate of drug-likeness (QED) is 0.561. The molecule has 21 heavy (non-hydrogen) atoms. The summed E-state index contributed by atoms with van der Waals surface area (Å²) in [6.45, 7) is 2.76. The Kier molecular flexibility index (Phi) is 5.29. The van der Waals surface area contributed by atoms with Crippen LogP contribution in [-0.4, -0.2) is 17.4 Å². The SMILES string of the molecule is CC(CCNC(=O)c1cccnc1NN)c1ccccc1. The number of nitrogen functional groups attached to an aromatic ring is 1. The van der Waals surface area contributed by atoms with Gasteiger partial charge in [0.2, 0.25) is 0 Å². The molecule has 0 bridgehead atoms. The number of rotatable bonds is 6. The Morgan fingerprint density at radius 1 is 1.24 bits per heavy atom. The monoisotopic (exact) mass is 284 g/mol. The zero-order chi connectivity index (χ0) is 15.1. The van der Waals surface area contributed by atoms with Gasteiger partial charge in [-0.05, 0) is 30.0 Å². The molecule has 110 valence electrons. The number of carbonyl (C=O) groups is 1. The number of hydrazine groups is 1. The number of carbonyl (C=O) groups excluding carboxylic acids is 1. The number of nitrogens with zero attached hydrogens (tertiary/aromatic N) is 1. The molecule has 0 saturated heterocycles. The third kappa shape index (κ3) is 4.03. The van der Waals surface area contributed by atoms with E-state index in [1.54, 1.807) is 18.3 Å². The van der Waals surface area contributed by atoms with Gasteiger partial charge >= 0.3 is 0 Å². The van der Waals surface area contributed by atoms with E-state index in [9.17, 15) is 4.79 Å². The topological polar surface area (TPSA) is 80.0 Å². The smallest absolute Gasteiger partial charge is 0.255 e. The molecule has 5 heteroatoms. The summed E-state index contributed by atoms with van der Waals surface area (Å²) in [6.07, 6.45) is 2.46. The average molecular weight is 284 g/mol. The minimum Gasteiger partial charge on any atom is -0.352 e. The predicted octanol–water partition coefficient (Wildman–Crippen LogP) is 2.29. The van der Waals surface area contributed by atoms with Crippen LogP contribution in [0.5, 0.6) is 0 Å². The lowest BCUT2D eigenvalue weighted by atomic mass is 9.98. The van der Waals surface area contributed by atoms with Crippen LogP contribution < -0.4 is 16.6 Å². The maximum Gasteiger partial charge on any atom is 0.255 e. The number of aromatic nitrogens is 1. The normalized spacial score (nSPS) is 11.7. The van der Waals surface area contributed by atoms with Crippen LogP contribution >= 0.6 is 0 Å². The minimum absolute atomic E-state index is 0.170. The van der Waals surface area contributed by atoms with Gasteiger partial charge in [-0.3, -0.25) is 4.79 Å². The fourth-order valence-electron chi connectivity index (χ4n) is 2.15. The molecule has 0 saturated carbocycles. The highest BCUT2D eigenvalue weighted by atomic mass is 16.1. The number of pyridine rings is 1. The Labute approximate surface area is 124 Å². The summed E-state index contributed by atoms with van der Waals surface area (Å²) >= 11 is 0. The van der Waals surface area contributed by atoms with Gasteiger partial charge in [0.15, 0.2) is 5.82 Å². The van der Waals surface area contributed by atoms with Gasteiger partial charge in [-0.2, -0.15) is 0 Å². The molecule has 0 spiro atoms. The van der Waals surface area contributed by atoms with Crippen LogP contribution in [0.1, 0.15) is 35.2 Å². The second-order valence-electron chi connectivity index (χ2n) is 4.90.